The van der Waals surface area contributed by atoms with Crippen LogP contribution in [0.4, 0.5) is 0 Å². The number of hydrogen-bond donors (Lipinski definition) is 1. The molecule has 3 nitrogen and oxygen atoms in total. The molecule has 2 saturated heterocycles. The van der Waals surface area contributed by atoms with Gasteiger partial charge in [0.2, 0.25) is 5.91 Å². The Labute approximate surface area is 79.5 Å². The third kappa shape index (κ3) is 1.70. The van der Waals surface area contributed by atoms with Gasteiger partial charge in [-0.3, -0.25) is 4.79 Å². The van der Waals surface area contributed by atoms with E-state index in [0.717, 1.165) is 13.1 Å². The van der Waals surface area contributed by atoms with Gasteiger partial charge >= 0.3 is 0 Å². The number of amides is 1. The molecule has 1 N–H and O–H groups in total. The predicted molar refractivity (Wildman–Crippen MR) is 51.4 cm³/mol. The van der Waals surface area contributed by atoms with Crippen LogP contribution in [0.25, 0.3) is 0 Å². The molecular formula is C10H18N2O. The molecule has 2 rings (SSSR count). The van der Waals surface area contributed by atoms with Crippen LogP contribution < -0.4 is 5.32 Å². The Morgan fingerprint density at radius 3 is 2.85 bits per heavy atom. The number of rotatable bonds is 1. The third-order valence-electron chi connectivity index (χ3n) is 3.27. The average molecular weight is 182 g/mol. The lowest BCUT2D eigenvalue weighted by atomic mass is 10.0. The van der Waals surface area contributed by atoms with Gasteiger partial charge < -0.3 is 10.2 Å². The molecule has 2 aliphatic rings. The summed E-state index contributed by atoms with van der Waals surface area (Å²) in [5.74, 6) is 0.246. The van der Waals surface area contributed by atoms with E-state index < -0.39 is 0 Å². The number of carbonyl (C=O) groups excluding carboxylic acids is 1. The first-order valence-electron chi connectivity index (χ1n) is 5.29. The second kappa shape index (κ2) is 3.66. The molecule has 3 heteroatoms. The molecule has 0 bridgehead atoms. The van der Waals surface area contributed by atoms with Gasteiger partial charge in [0.25, 0.3) is 0 Å². The van der Waals surface area contributed by atoms with Crippen LogP contribution in [0.15, 0.2) is 0 Å². The molecule has 2 fully saturated rings. The summed E-state index contributed by atoms with van der Waals surface area (Å²) in [6.07, 6.45) is 4.89. The van der Waals surface area contributed by atoms with Gasteiger partial charge in [-0.05, 0) is 32.2 Å². The van der Waals surface area contributed by atoms with Crippen LogP contribution >= 0.6 is 0 Å². The number of nitrogens with zero attached hydrogens (tertiary/aromatic N) is 1. The average Bonchev–Trinajstić information content (AvgIpc) is 2.74. The lowest BCUT2D eigenvalue weighted by molar-refractivity contribution is -0.130. The maximum absolute atomic E-state index is 11.3. The molecule has 1 amide bonds. The first-order valence-corrected chi connectivity index (χ1v) is 5.29. The molecule has 0 saturated carbocycles. The molecule has 0 aromatic rings. The van der Waals surface area contributed by atoms with Gasteiger partial charge in [0.1, 0.15) is 0 Å². The molecule has 0 aliphatic carbocycles. The van der Waals surface area contributed by atoms with E-state index >= 15 is 0 Å². The molecule has 2 heterocycles. The second-order valence-electron chi connectivity index (χ2n) is 4.12. The second-order valence-corrected chi connectivity index (χ2v) is 4.12. The van der Waals surface area contributed by atoms with Crippen molar-refractivity contribution in [3.63, 3.8) is 0 Å². The Hall–Kier alpha value is -0.570. The van der Waals surface area contributed by atoms with E-state index in [1.54, 1.807) is 6.92 Å². The normalized spacial score (nSPS) is 34.1. The van der Waals surface area contributed by atoms with Crippen molar-refractivity contribution >= 4 is 5.91 Å². The van der Waals surface area contributed by atoms with Gasteiger partial charge in [0.05, 0.1) is 0 Å². The highest BCUT2D eigenvalue weighted by Crippen LogP contribution is 2.24. The lowest BCUT2D eigenvalue weighted by Crippen LogP contribution is -2.45. The number of nitrogens with one attached hydrogen (secondary N) is 1. The van der Waals surface area contributed by atoms with E-state index in [2.05, 4.69) is 5.32 Å². The van der Waals surface area contributed by atoms with E-state index in [1.807, 2.05) is 4.90 Å². The fourth-order valence-electron chi connectivity index (χ4n) is 2.64. The molecule has 0 aromatic carbocycles. The molecule has 0 spiro atoms. The van der Waals surface area contributed by atoms with Gasteiger partial charge in [-0.1, -0.05) is 0 Å². The molecule has 2 aliphatic heterocycles. The summed E-state index contributed by atoms with van der Waals surface area (Å²) in [4.78, 5) is 13.4. The standard InChI is InChI=1S/C10H18N2O/c1-8(13)12-7-3-5-10(12)9-4-2-6-11-9/h9-11H,2-7H2,1H3/t9-,10-/m0/s1. The summed E-state index contributed by atoms with van der Waals surface area (Å²) in [6, 6.07) is 1.06. The van der Waals surface area contributed by atoms with Crippen LogP contribution in [-0.4, -0.2) is 36.0 Å². The van der Waals surface area contributed by atoms with E-state index in [9.17, 15) is 4.79 Å². The third-order valence-corrected chi connectivity index (χ3v) is 3.27. The Kier molecular flexibility index (Phi) is 2.54. The highest BCUT2D eigenvalue weighted by atomic mass is 16.2. The molecule has 13 heavy (non-hydrogen) atoms. The molecule has 2 atom stereocenters. The largest absolute Gasteiger partial charge is 0.338 e. The summed E-state index contributed by atoms with van der Waals surface area (Å²) in [7, 11) is 0. The van der Waals surface area contributed by atoms with E-state index in [0.29, 0.717) is 12.1 Å². The van der Waals surface area contributed by atoms with Crippen LogP contribution in [0.2, 0.25) is 0 Å². The summed E-state index contributed by atoms with van der Waals surface area (Å²) in [5, 5.41) is 3.49. The van der Waals surface area contributed by atoms with Gasteiger partial charge in [0, 0.05) is 25.6 Å². The van der Waals surface area contributed by atoms with Crippen LogP contribution in [0.3, 0.4) is 0 Å². The van der Waals surface area contributed by atoms with E-state index in [-0.39, 0.29) is 5.91 Å². The minimum absolute atomic E-state index is 0.246. The molecule has 0 radical (unpaired) electrons. The zero-order valence-corrected chi connectivity index (χ0v) is 8.25. The molecular weight excluding hydrogens is 164 g/mol. The number of hydrogen-bond acceptors (Lipinski definition) is 2. The maximum Gasteiger partial charge on any atom is 0.219 e. The highest BCUT2D eigenvalue weighted by molar-refractivity contribution is 5.74. The van der Waals surface area contributed by atoms with Crippen LogP contribution in [-0.2, 0) is 4.79 Å². The quantitative estimate of drug-likeness (QED) is 0.649. The van der Waals surface area contributed by atoms with Crippen molar-refractivity contribution in [2.45, 2.75) is 44.7 Å². The van der Waals surface area contributed by atoms with Gasteiger partial charge in [-0.15, -0.1) is 0 Å². The Morgan fingerprint density at radius 1 is 1.38 bits per heavy atom. The fraction of sp³-hybridized carbons (Fsp3) is 0.900. The molecule has 74 valence electrons. The highest BCUT2D eigenvalue weighted by Gasteiger charge is 2.34. The SMILES string of the molecule is CC(=O)N1CCC[C@H]1[C@@H]1CCCN1. The fourth-order valence-corrected chi connectivity index (χ4v) is 2.64. The van der Waals surface area contributed by atoms with E-state index in [1.165, 1.54) is 25.7 Å². The predicted octanol–water partition coefficient (Wildman–Crippen LogP) is 0.749. The summed E-state index contributed by atoms with van der Waals surface area (Å²) >= 11 is 0. The van der Waals surface area contributed by atoms with Gasteiger partial charge in [-0.25, -0.2) is 0 Å². The summed E-state index contributed by atoms with van der Waals surface area (Å²) in [6.45, 7) is 3.79. The van der Waals surface area contributed by atoms with Crippen LogP contribution in [0, 0.1) is 0 Å². The summed E-state index contributed by atoms with van der Waals surface area (Å²) < 4.78 is 0. The Bertz CT molecular complexity index is 199. The minimum atomic E-state index is 0.246. The Balaban J connectivity index is 2.00. The monoisotopic (exact) mass is 182 g/mol. The maximum atomic E-state index is 11.3. The van der Waals surface area contributed by atoms with Crippen LogP contribution in [0.5, 0.6) is 0 Å². The lowest BCUT2D eigenvalue weighted by Gasteiger charge is -2.28. The van der Waals surface area contributed by atoms with Crippen molar-refractivity contribution in [1.82, 2.24) is 10.2 Å². The number of likely N-dealkylation sites (tertiary alicyclic amines) is 1. The van der Waals surface area contributed by atoms with Crippen molar-refractivity contribution in [1.29, 1.82) is 0 Å². The van der Waals surface area contributed by atoms with Gasteiger partial charge in [0.15, 0.2) is 0 Å². The first-order chi connectivity index (χ1) is 6.29. The van der Waals surface area contributed by atoms with Crippen molar-refractivity contribution in [2.24, 2.45) is 0 Å². The zero-order valence-electron chi connectivity index (χ0n) is 8.25. The van der Waals surface area contributed by atoms with Crippen molar-refractivity contribution in [3.05, 3.63) is 0 Å². The first kappa shape index (κ1) is 9.00. The summed E-state index contributed by atoms with van der Waals surface area (Å²) in [5.41, 5.74) is 0. The molecule has 0 unspecified atom stereocenters. The zero-order chi connectivity index (χ0) is 9.26. The van der Waals surface area contributed by atoms with Crippen molar-refractivity contribution < 1.29 is 4.79 Å². The Morgan fingerprint density at radius 2 is 2.23 bits per heavy atom. The minimum Gasteiger partial charge on any atom is -0.338 e. The topological polar surface area (TPSA) is 32.3 Å². The van der Waals surface area contributed by atoms with Gasteiger partial charge in [-0.2, -0.15) is 0 Å². The van der Waals surface area contributed by atoms with Crippen molar-refractivity contribution in [3.8, 4) is 0 Å². The van der Waals surface area contributed by atoms with Crippen molar-refractivity contribution in [2.75, 3.05) is 13.1 Å². The smallest absolute Gasteiger partial charge is 0.219 e. The number of carbonyl (C=O) groups is 1. The van der Waals surface area contributed by atoms with Crippen LogP contribution in [0.1, 0.15) is 32.6 Å². The van der Waals surface area contributed by atoms with E-state index in [4.69, 9.17) is 0 Å². The molecule has 0 aromatic heterocycles.